The molecule has 0 spiro atoms. The molecule has 0 aliphatic carbocycles. The lowest BCUT2D eigenvalue weighted by molar-refractivity contribution is -0.344. The SMILES string of the molecule is CC(COC(COO[Si](C)(C)C(C)(C)C)COO[Si](C)(C)C(C)(C)C)OS(=O)(=O)C(C)OOC(COCCO[Si](C)(C)C(C)(C)C)COCCO[Si](C)(C)C(C)(C)C. The van der Waals surface area contributed by atoms with Crippen LogP contribution in [0.1, 0.15) is 96.9 Å². The molecule has 0 heterocycles. The van der Waals surface area contributed by atoms with Crippen LogP contribution in [0.3, 0.4) is 0 Å². The van der Waals surface area contributed by atoms with Crippen molar-refractivity contribution >= 4 is 43.4 Å². The van der Waals surface area contributed by atoms with Crippen LogP contribution in [-0.2, 0) is 66.1 Å². The molecule has 0 amide bonds. The molecule has 0 saturated heterocycles. The summed E-state index contributed by atoms with van der Waals surface area (Å²) in [6.07, 6.45) is -2.26. The summed E-state index contributed by atoms with van der Waals surface area (Å²) in [7, 11) is -12.6. The van der Waals surface area contributed by atoms with Gasteiger partial charge >= 0.3 is 0 Å². The summed E-state index contributed by atoms with van der Waals surface area (Å²) in [5, 5.41) is 0.0150. The molecule has 0 fully saturated rings. The van der Waals surface area contributed by atoms with Crippen LogP contribution in [0, 0.1) is 0 Å². The minimum atomic E-state index is -4.27. The average molecular weight is 926 g/mol. The van der Waals surface area contributed by atoms with E-state index in [0.717, 1.165) is 0 Å². The Morgan fingerprint density at radius 2 is 0.828 bits per heavy atom. The van der Waals surface area contributed by atoms with Gasteiger partial charge in [0.2, 0.25) is 22.1 Å². The van der Waals surface area contributed by atoms with E-state index in [-0.39, 0.29) is 53.2 Å². The number of hydrogen-bond donors (Lipinski definition) is 0. The largest absolute Gasteiger partial charge is 0.414 e. The molecular weight excluding hydrogens is 837 g/mol. The maximum atomic E-state index is 13.2. The first-order valence-corrected chi connectivity index (χ1v) is 33.9. The number of rotatable bonds is 29. The van der Waals surface area contributed by atoms with E-state index < -0.39 is 67.1 Å². The highest BCUT2D eigenvalue weighted by Crippen LogP contribution is 2.39. The normalized spacial score (nSPS) is 15.8. The Morgan fingerprint density at radius 3 is 1.17 bits per heavy atom. The molecule has 0 bridgehead atoms. The van der Waals surface area contributed by atoms with Gasteiger partial charge in [-0.1, -0.05) is 83.1 Å². The van der Waals surface area contributed by atoms with E-state index in [1.165, 1.54) is 6.92 Å². The third-order valence-corrected chi connectivity index (χ3v) is 30.7. The lowest BCUT2D eigenvalue weighted by Gasteiger charge is -2.36. The van der Waals surface area contributed by atoms with Crippen LogP contribution in [0.4, 0.5) is 0 Å². The van der Waals surface area contributed by atoms with Gasteiger partial charge in [-0.15, -0.1) is 0 Å². The average Bonchev–Trinajstić information content (AvgIpc) is 3.02. The summed E-state index contributed by atoms with van der Waals surface area (Å²) in [6, 6.07) is 0. The standard InChI is InChI=1S/C39H88O14SSi4/c1-32(27-44-34(30-45-52-57(19,20)38(9,10)11)31-46-53-58(21,22)39(12,13)14)51-54(40,41)33(2)49-50-35(28-42-23-25-47-55(15,16)36(3,4)5)29-43-24-26-48-56(17,18)37(6,7)8/h32-35H,23-31H2,1-22H3. The van der Waals surface area contributed by atoms with Crippen LogP contribution >= 0.6 is 0 Å². The fourth-order valence-electron chi connectivity index (χ4n) is 3.40. The van der Waals surface area contributed by atoms with Crippen LogP contribution in [0.25, 0.3) is 0 Å². The summed E-state index contributed by atoms with van der Waals surface area (Å²) in [5.74, 6) is 0. The van der Waals surface area contributed by atoms with E-state index in [9.17, 15) is 8.42 Å². The van der Waals surface area contributed by atoms with Gasteiger partial charge in [-0.2, -0.15) is 8.42 Å². The number of hydrogen-bond acceptors (Lipinski definition) is 14. The van der Waals surface area contributed by atoms with Gasteiger partial charge in [-0.25, -0.2) is 19.6 Å². The Hall–Kier alpha value is 0.338. The lowest BCUT2D eigenvalue weighted by Crippen LogP contribution is -2.43. The molecule has 0 aromatic rings. The molecule has 2 atom stereocenters. The van der Waals surface area contributed by atoms with E-state index >= 15 is 0 Å². The fourth-order valence-corrected chi connectivity index (χ4v) is 7.49. The first kappa shape index (κ1) is 58.3. The Morgan fingerprint density at radius 1 is 0.466 bits per heavy atom. The molecule has 58 heavy (non-hydrogen) atoms. The highest BCUT2D eigenvalue weighted by atomic mass is 32.2. The second-order valence-electron chi connectivity index (χ2n) is 21.4. The number of ether oxygens (including phenoxy) is 3. The molecule has 0 aromatic carbocycles. The Balaban J connectivity index is 5.47. The van der Waals surface area contributed by atoms with Gasteiger partial charge in [-0.05, 0) is 86.4 Å². The van der Waals surface area contributed by atoms with E-state index in [4.69, 9.17) is 55.9 Å². The van der Waals surface area contributed by atoms with Crippen molar-refractivity contribution < 1.29 is 64.4 Å². The predicted molar refractivity (Wildman–Crippen MR) is 241 cm³/mol. The third kappa shape index (κ3) is 21.6. The first-order valence-electron chi connectivity index (χ1n) is 20.8. The van der Waals surface area contributed by atoms with Crippen LogP contribution in [-0.4, -0.2) is 125 Å². The lowest BCUT2D eigenvalue weighted by atomic mass is 10.2. The smallest absolute Gasteiger partial charge is 0.298 e. The zero-order valence-electron chi connectivity index (χ0n) is 40.8. The molecule has 0 aliphatic rings. The quantitative estimate of drug-likeness (QED) is 0.0231. The van der Waals surface area contributed by atoms with Crippen LogP contribution in [0.5, 0.6) is 0 Å². The van der Waals surface area contributed by atoms with E-state index in [1.807, 2.05) is 0 Å². The molecule has 0 aliphatic heterocycles. The molecule has 0 radical (unpaired) electrons. The highest BCUT2D eigenvalue weighted by molar-refractivity contribution is 7.87. The summed E-state index contributed by atoms with van der Waals surface area (Å²) < 4.78 is 74.0. The van der Waals surface area contributed by atoms with Crippen molar-refractivity contribution in [3.8, 4) is 0 Å². The molecule has 0 aromatic heterocycles. The van der Waals surface area contributed by atoms with Crippen molar-refractivity contribution in [3.05, 3.63) is 0 Å². The fraction of sp³-hybridized carbons (Fsp3) is 1.00. The third-order valence-electron chi connectivity index (χ3n) is 11.9. The minimum Gasteiger partial charge on any atom is -0.414 e. The van der Waals surface area contributed by atoms with E-state index in [1.54, 1.807) is 6.92 Å². The minimum absolute atomic E-state index is 0.0382. The van der Waals surface area contributed by atoms with Gasteiger partial charge in [0.1, 0.15) is 25.4 Å². The van der Waals surface area contributed by atoms with Crippen LogP contribution in [0.2, 0.25) is 72.5 Å². The van der Waals surface area contributed by atoms with E-state index in [2.05, 4.69) is 135 Å². The zero-order valence-corrected chi connectivity index (χ0v) is 45.6. The second kappa shape index (κ2) is 23.9. The first-order chi connectivity index (χ1) is 25.9. The summed E-state index contributed by atoms with van der Waals surface area (Å²) >= 11 is 0. The van der Waals surface area contributed by atoms with Crippen molar-refractivity contribution in [3.63, 3.8) is 0 Å². The molecule has 350 valence electrons. The van der Waals surface area contributed by atoms with Gasteiger partial charge in [0.25, 0.3) is 10.1 Å². The Kier molecular flexibility index (Phi) is 24.0. The van der Waals surface area contributed by atoms with Gasteiger partial charge in [0.05, 0.1) is 52.4 Å². The van der Waals surface area contributed by atoms with Crippen LogP contribution < -0.4 is 0 Å². The van der Waals surface area contributed by atoms with Gasteiger partial charge in [-0.3, -0.25) is 13.3 Å². The molecule has 0 N–H and O–H groups in total. The van der Waals surface area contributed by atoms with Gasteiger partial charge in [0.15, 0.2) is 16.6 Å². The van der Waals surface area contributed by atoms with E-state index in [0.29, 0.717) is 26.4 Å². The summed E-state index contributed by atoms with van der Waals surface area (Å²) in [6.45, 7) is 47.4. The monoisotopic (exact) mass is 924 g/mol. The topological polar surface area (TPSA) is 145 Å². The zero-order chi connectivity index (χ0) is 45.7. The predicted octanol–water partition coefficient (Wildman–Crippen LogP) is 9.75. The van der Waals surface area contributed by atoms with Crippen LogP contribution in [0.15, 0.2) is 0 Å². The summed E-state index contributed by atoms with van der Waals surface area (Å²) in [4.78, 5) is 22.4. The summed E-state index contributed by atoms with van der Waals surface area (Å²) in [5.41, 5.74) is -1.47. The van der Waals surface area contributed by atoms with Crippen molar-refractivity contribution in [2.75, 3.05) is 59.5 Å². The molecule has 14 nitrogen and oxygen atoms in total. The highest BCUT2D eigenvalue weighted by Gasteiger charge is 2.41. The van der Waals surface area contributed by atoms with Crippen molar-refractivity contribution in [1.29, 1.82) is 0 Å². The van der Waals surface area contributed by atoms with Crippen molar-refractivity contribution in [1.82, 2.24) is 0 Å². The maximum absolute atomic E-state index is 13.2. The molecule has 0 saturated carbocycles. The van der Waals surface area contributed by atoms with Crippen molar-refractivity contribution in [2.24, 2.45) is 0 Å². The molecular formula is C39H88O14SSi4. The maximum Gasteiger partial charge on any atom is 0.298 e. The van der Waals surface area contributed by atoms with Crippen molar-refractivity contribution in [2.45, 2.75) is 193 Å². The van der Waals surface area contributed by atoms with Gasteiger partial charge < -0.3 is 23.1 Å². The molecule has 19 heteroatoms. The Labute approximate surface area is 359 Å². The Bertz CT molecular complexity index is 1190. The van der Waals surface area contributed by atoms with Gasteiger partial charge in [0, 0.05) is 0 Å². The molecule has 0 rings (SSSR count). The molecule has 2 unspecified atom stereocenters. The second-order valence-corrected chi connectivity index (χ2v) is 42.2.